The molecule has 0 fully saturated rings. The molecule has 0 heterocycles. The topological polar surface area (TPSA) is 29.1 Å². The Balaban J connectivity index is 2.28. The summed E-state index contributed by atoms with van der Waals surface area (Å²) in [5.74, 6) is 1.75. The standard InChI is InChI=1S/C14H19Cl2NOS/c1-10(2)6-7-17-14(18)9-19-8-11-12(15)4-3-5-13(11)16/h3-5,10H,6-9H2,1-2H3,(H,17,18). The summed E-state index contributed by atoms with van der Waals surface area (Å²) < 4.78 is 0. The molecule has 106 valence electrons. The first-order valence-corrected chi connectivity index (χ1v) is 8.19. The van der Waals surface area contributed by atoms with E-state index in [-0.39, 0.29) is 5.91 Å². The third-order valence-corrected chi connectivity index (χ3v) is 4.25. The molecule has 0 saturated carbocycles. The summed E-state index contributed by atoms with van der Waals surface area (Å²) in [6, 6.07) is 5.44. The summed E-state index contributed by atoms with van der Waals surface area (Å²) in [6.07, 6.45) is 1.01. The SMILES string of the molecule is CC(C)CCNC(=O)CSCc1c(Cl)cccc1Cl. The van der Waals surface area contributed by atoms with E-state index < -0.39 is 0 Å². The van der Waals surface area contributed by atoms with Crippen LogP contribution in [0, 0.1) is 5.92 Å². The van der Waals surface area contributed by atoms with Gasteiger partial charge in [-0.2, -0.15) is 0 Å². The van der Waals surface area contributed by atoms with E-state index in [4.69, 9.17) is 23.2 Å². The lowest BCUT2D eigenvalue weighted by atomic mass is 10.1. The highest BCUT2D eigenvalue weighted by atomic mass is 35.5. The average molecular weight is 320 g/mol. The molecule has 1 amide bonds. The zero-order valence-corrected chi connectivity index (χ0v) is 13.5. The highest BCUT2D eigenvalue weighted by Crippen LogP contribution is 2.27. The van der Waals surface area contributed by atoms with Gasteiger partial charge in [0, 0.05) is 22.3 Å². The zero-order valence-electron chi connectivity index (χ0n) is 11.2. The van der Waals surface area contributed by atoms with Crippen molar-refractivity contribution < 1.29 is 4.79 Å². The van der Waals surface area contributed by atoms with Gasteiger partial charge < -0.3 is 5.32 Å². The van der Waals surface area contributed by atoms with Crippen LogP contribution in [-0.4, -0.2) is 18.2 Å². The first-order valence-electron chi connectivity index (χ1n) is 6.28. The summed E-state index contributed by atoms with van der Waals surface area (Å²) in [6.45, 7) is 5.02. The predicted molar refractivity (Wildman–Crippen MR) is 85.1 cm³/mol. The van der Waals surface area contributed by atoms with Gasteiger partial charge in [-0.1, -0.05) is 43.1 Å². The minimum absolute atomic E-state index is 0.0637. The molecule has 19 heavy (non-hydrogen) atoms. The molecule has 0 spiro atoms. The summed E-state index contributed by atoms with van der Waals surface area (Å²) >= 11 is 13.7. The molecule has 1 N–H and O–H groups in total. The van der Waals surface area contributed by atoms with Gasteiger partial charge in [0.1, 0.15) is 0 Å². The van der Waals surface area contributed by atoms with Crippen molar-refractivity contribution >= 4 is 40.9 Å². The number of rotatable bonds is 7. The number of carbonyl (C=O) groups excluding carboxylic acids is 1. The summed E-state index contributed by atoms with van der Waals surface area (Å²) in [5.41, 5.74) is 0.894. The highest BCUT2D eigenvalue weighted by molar-refractivity contribution is 7.99. The normalized spacial score (nSPS) is 10.8. The smallest absolute Gasteiger partial charge is 0.230 e. The first-order chi connectivity index (χ1) is 9.00. The Bertz CT molecular complexity index is 404. The number of carbonyl (C=O) groups is 1. The molecule has 0 unspecified atom stereocenters. The van der Waals surface area contributed by atoms with Gasteiger partial charge in [-0.15, -0.1) is 11.8 Å². The van der Waals surface area contributed by atoms with Crippen LogP contribution in [0.5, 0.6) is 0 Å². The van der Waals surface area contributed by atoms with Gasteiger partial charge in [-0.3, -0.25) is 4.79 Å². The molecule has 5 heteroatoms. The molecule has 0 aromatic heterocycles. The summed E-state index contributed by atoms with van der Waals surface area (Å²) in [5, 5.41) is 4.21. The molecular formula is C14H19Cl2NOS. The number of amides is 1. The van der Waals surface area contributed by atoms with Crippen molar-refractivity contribution in [2.75, 3.05) is 12.3 Å². The molecule has 1 aromatic carbocycles. The molecule has 1 rings (SSSR count). The average Bonchev–Trinajstić information content (AvgIpc) is 2.32. The number of nitrogens with one attached hydrogen (secondary N) is 1. The number of halogens is 2. The lowest BCUT2D eigenvalue weighted by Crippen LogP contribution is -2.26. The largest absolute Gasteiger partial charge is 0.355 e. The molecule has 1 aromatic rings. The van der Waals surface area contributed by atoms with Gasteiger partial charge >= 0.3 is 0 Å². The highest BCUT2D eigenvalue weighted by Gasteiger charge is 2.07. The predicted octanol–water partition coefficient (Wildman–Crippen LogP) is 4.39. The Kier molecular flexibility index (Phi) is 7.66. The molecule has 0 aliphatic carbocycles. The Morgan fingerprint density at radius 2 is 1.95 bits per heavy atom. The number of hydrogen-bond donors (Lipinski definition) is 1. The first kappa shape index (κ1) is 16.7. The maximum Gasteiger partial charge on any atom is 0.230 e. The van der Waals surface area contributed by atoms with Crippen molar-refractivity contribution in [2.45, 2.75) is 26.0 Å². The fourth-order valence-corrected chi connectivity index (χ4v) is 3.06. The van der Waals surface area contributed by atoms with Crippen LogP contribution in [0.2, 0.25) is 10.0 Å². The van der Waals surface area contributed by atoms with E-state index in [0.717, 1.165) is 18.5 Å². The van der Waals surface area contributed by atoms with E-state index in [1.807, 2.05) is 18.2 Å². The van der Waals surface area contributed by atoms with E-state index in [1.54, 1.807) is 0 Å². The van der Waals surface area contributed by atoms with Crippen molar-refractivity contribution in [3.63, 3.8) is 0 Å². The van der Waals surface area contributed by atoms with Crippen molar-refractivity contribution in [3.8, 4) is 0 Å². The lowest BCUT2D eigenvalue weighted by Gasteiger charge is -2.08. The Labute approximate surface area is 129 Å². The van der Waals surface area contributed by atoms with Crippen molar-refractivity contribution in [1.82, 2.24) is 5.32 Å². The Morgan fingerprint density at radius 3 is 2.53 bits per heavy atom. The summed E-state index contributed by atoms with van der Waals surface area (Å²) in [7, 11) is 0. The summed E-state index contributed by atoms with van der Waals surface area (Å²) in [4.78, 5) is 11.6. The third kappa shape index (κ3) is 6.55. The van der Waals surface area contributed by atoms with Crippen LogP contribution in [0.4, 0.5) is 0 Å². The van der Waals surface area contributed by atoms with Crippen LogP contribution in [0.3, 0.4) is 0 Å². The van der Waals surface area contributed by atoms with Gasteiger partial charge in [0.25, 0.3) is 0 Å². The van der Waals surface area contributed by atoms with Crippen LogP contribution in [0.25, 0.3) is 0 Å². The molecule has 0 bridgehead atoms. The van der Waals surface area contributed by atoms with E-state index in [0.29, 0.717) is 27.5 Å². The molecule has 0 saturated heterocycles. The van der Waals surface area contributed by atoms with Gasteiger partial charge in [0.15, 0.2) is 0 Å². The molecule has 0 atom stereocenters. The van der Waals surface area contributed by atoms with Gasteiger partial charge in [0.05, 0.1) is 5.75 Å². The van der Waals surface area contributed by atoms with Crippen molar-refractivity contribution in [3.05, 3.63) is 33.8 Å². The van der Waals surface area contributed by atoms with Gasteiger partial charge in [-0.05, 0) is 30.0 Å². The van der Waals surface area contributed by atoms with Crippen LogP contribution < -0.4 is 5.32 Å². The lowest BCUT2D eigenvalue weighted by molar-refractivity contribution is -0.118. The monoisotopic (exact) mass is 319 g/mol. The third-order valence-electron chi connectivity index (χ3n) is 2.59. The van der Waals surface area contributed by atoms with E-state index in [9.17, 15) is 4.79 Å². The fraction of sp³-hybridized carbons (Fsp3) is 0.500. The second-order valence-electron chi connectivity index (χ2n) is 4.73. The molecule has 2 nitrogen and oxygen atoms in total. The zero-order chi connectivity index (χ0) is 14.3. The number of hydrogen-bond acceptors (Lipinski definition) is 2. The van der Waals surface area contributed by atoms with Gasteiger partial charge in [-0.25, -0.2) is 0 Å². The van der Waals surface area contributed by atoms with Gasteiger partial charge in [0.2, 0.25) is 5.91 Å². The number of benzene rings is 1. The van der Waals surface area contributed by atoms with Crippen LogP contribution in [-0.2, 0) is 10.5 Å². The minimum atomic E-state index is 0.0637. The van der Waals surface area contributed by atoms with Crippen LogP contribution >= 0.6 is 35.0 Å². The fourth-order valence-electron chi connectivity index (χ4n) is 1.47. The Hall–Kier alpha value is -0.380. The number of thioether (sulfide) groups is 1. The second kappa shape index (κ2) is 8.72. The van der Waals surface area contributed by atoms with Crippen LogP contribution in [0.15, 0.2) is 18.2 Å². The maximum absolute atomic E-state index is 11.6. The molecule has 0 aliphatic rings. The Morgan fingerprint density at radius 1 is 1.32 bits per heavy atom. The minimum Gasteiger partial charge on any atom is -0.355 e. The molecule has 0 radical (unpaired) electrons. The maximum atomic E-state index is 11.6. The second-order valence-corrected chi connectivity index (χ2v) is 6.53. The van der Waals surface area contributed by atoms with Crippen molar-refractivity contribution in [2.24, 2.45) is 5.92 Å². The van der Waals surface area contributed by atoms with Crippen molar-refractivity contribution in [1.29, 1.82) is 0 Å². The van der Waals surface area contributed by atoms with Crippen LogP contribution in [0.1, 0.15) is 25.8 Å². The van der Waals surface area contributed by atoms with E-state index >= 15 is 0 Å². The molecular weight excluding hydrogens is 301 g/mol. The molecule has 0 aliphatic heterocycles. The van der Waals surface area contributed by atoms with E-state index in [1.165, 1.54) is 11.8 Å². The quantitative estimate of drug-likeness (QED) is 0.807. The van der Waals surface area contributed by atoms with E-state index in [2.05, 4.69) is 19.2 Å².